The maximum absolute atomic E-state index is 13.5. The molecule has 2 atom stereocenters. The number of esters is 1. The van der Waals surface area contributed by atoms with Crippen LogP contribution in [0.1, 0.15) is 55.0 Å². The number of benzene rings is 2. The molecule has 1 N–H and O–H groups in total. The maximum Gasteiger partial charge on any atom is 0.309 e. The first kappa shape index (κ1) is 33.2. The molecule has 2 aromatic heterocycles. The van der Waals surface area contributed by atoms with Gasteiger partial charge < -0.3 is 15.0 Å². The van der Waals surface area contributed by atoms with Gasteiger partial charge >= 0.3 is 5.97 Å². The number of piperidine rings is 1. The number of methoxy groups -OCH3 is 1. The van der Waals surface area contributed by atoms with Crippen LogP contribution < -0.4 is 5.32 Å². The molecular weight excluding hydrogens is 655 g/mol. The Hall–Kier alpha value is -4.68. The normalized spacial score (nSPS) is 16.9. The number of nitrogens with one attached hydrogen (secondary N) is 1. The first-order valence-corrected chi connectivity index (χ1v) is 16.5. The average Bonchev–Trinajstić information content (AvgIpc) is 3.81. The van der Waals surface area contributed by atoms with E-state index in [1.54, 1.807) is 24.3 Å². The lowest BCUT2D eigenvalue weighted by molar-refractivity contribution is -0.139. The number of carbonyl (C=O) groups excluding carboxylic acids is 3. The Labute approximate surface area is 287 Å². The summed E-state index contributed by atoms with van der Waals surface area (Å²) < 4.78 is 6.26. The zero-order valence-electron chi connectivity index (χ0n) is 26.3. The minimum Gasteiger partial charge on any atom is -0.469 e. The van der Waals surface area contributed by atoms with Gasteiger partial charge in [-0.1, -0.05) is 47.5 Å². The largest absolute Gasteiger partial charge is 0.469 e. The number of tetrazole rings is 1. The van der Waals surface area contributed by atoms with Crippen LogP contribution in [0.25, 0.3) is 22.9 Å². The van der Waals surface area contributed by atoms with Crippen molar-refractivity contribution < 1.29 is 19.1 Å². The topological polar surface area (TPSA) is 145 Å². The number of amides is 2. The van der Waals surface area contributed by atoms with Crippen molar-refractivity contribution in [3.63, 3.8) is 0 Å². The predicted octanol–water partition coefficient (Wildman–Crippen LogP) is 5.05. The standard InChI is InChI=1S/C34H34Cl2N8O4/c1-48-32(46)16-21-4-6-23(7-5-21)27-18-29(39-40-33(27)36)28(15-22-3-2-14-43(19-22)34(47)24-8-9-24)38-31(45)13-10-25-17-26(35)11-12-30(25)44-20-37-41-42-44/h4-7,10-13,17-18,20,22,24,28H,2-3,8-9,14-16,19H2,1H3,(H,38,45)/b13-10+/t22?,28-/m0/s1. The van der Waals surface area contributed by atoms with E-state index < -0.39 is 6.04 Å². The average molecular weight is 690 g/mol. The van der Waals surface area contributed by atoms with Crippen molar-refractivity contribution in [3.8, 4) is 16.8 Å². The smallest absolute Gasteiger partial charge is 0.309 e. The number of likely N-dealkylation sites (tertiary alicyclic amines) is 1. The Morgan fingerprint density at radius 3 is 2.60 bits per heavy atom. The summed E-state index contributed by atoms with van der Waals surface area (Å²) in [7, 11) is 1.35. The molecule has 1 aliphatic carbocycles. The van der Waals surface area contributed by atoms with E-state index in [0.29, 0.717) is 40.5 Å². The molecule has 2 fully saturated rings. The third kappa shape index (κ3) is 8.23. The summed E-state index contributed by atoms with van der Waals surface area (Å²) in [4.78, 5) is 40.1. The lowest BCUT2D eigenvalue weighted by atomic mass is 9.89. The zero-order valence-corrected chi connectivity index (χ0v) is 27.8. The number of hydrogen-bond acceptors (Lipinski definition) is 9. The van der Waals surface area contributed by atoms with Crippen LogP contribution in [0.3, 0.4) is 0 Å². The van der Waals surface area contributed by atoms with Crippen molar-refractivity contribution in [1.29, 1.82) is 0 Å². The molecule has 0 spiro atoms. The Morgan fingerprint density at radius 2 is 1.88 bits per heavy atom. The lowest BCUT2D eigenvalue weighted by Gasteiger charge is -2.34. The van der Waals surface area contributed by atoms with Gasteiger partial charge in [-0.05, 0) is 89.9 Å². The Morgan fingerprint density at radius 1 is 1.06 bits per heavy atom. The van der Waals surface area contributed by atoms with E-state index in [9.17, 15) is 14.4 Å². The van der Waals surface area contributed by atoms with Gasteiger partial charge in [0.25, 0.3) is 0 Å². The molecule has 6 rings (SSSR count). The summed E-state index contributed by atoms with van der Waals surface area (Å²) in [5, 5.41) is 23.9. The SMILES string of the molecule is COC(=O)Cc1ccc(-c2cc([C@H](CC3CCCN(C(=O)C4CC4)C3)NC(=O)/C=C/c3cc(Cl)ccc3-n3cnnn3)nnc2Cl)cc1. The van der Waals surface area contributed by atoms with E-state index in [2.05, 4.69) is 31.0 Å². The van der Waals surface area contributed by atoms with Gasteiger partial charge in [0.2, 0.25) is 11.8 Å². The van der Waals surface area contributed by atoms with Crippen molar-refractivity contribution in [2.75, 3.05) is 20.2 Å². The summed E-state index contributed by atoms with van der Waals surface area (Å²) in [5.74, 6) is -0.156. The minimum atomic E-state index is -0.524. The van der Waals surface area contributed by atoms with Gasteiger partial charge in [-0.2, -0.15) is 9.78 Å². The van der Waals surface area contributed by atoms with E-state index in [1.807, 2.05) is 35.2 Å². The molecular formula is C34H34Cl2N8O4. The number of hydrogen-bond donors (Lipinski definition) is 1. The molecule has 48 heavy (non-hydrogen) atoms. The molecule has 1 saturated carbocycles. The van der Waals surface area contributed by atoms with Crippen LogP contribution in [0.15, 0.2) is 60.9 Å². The molecule has 248 valence electrons. The van der Waals surface area contributed by atoms with E-state index in [4.69, 9.17) is 27.9 Å². The van der Waals surface area contributed by atoms with Crippen molar-refractivity contribution in [3.05, 3.63) is 87.9 Å². The lowest BCUT2D eigenvalue weighted by Crippen LogP contribution is -2.42. The Bertz CT molecular complexity index is 1810. The predicted molar refractivity (Wildman–Crippen MR) is 179 cm³/mol. The number of halogens is 2. The molecule has 14 heteroatoms. The van der Waals surface area contributed by atoms with E-state index in [-0.39, 0.29) is 41.2 Å². The molecule has 3 heterocycles. The van der Waals surface area contributed by atoms with Crippen LogP contribution in [0.4, 0.5) is 0 Å². The highest BCUT2D eigenvalue weighted by Crippen LogP contribution is 2.35. The maximum atomic E-state index is 13.5. The minimum absolute atomic E-state index is 0.147. The first-order valence-electron chi connectivity index (χ1n) is 15.8. The molecule has 0 radical (unpaired) electrons. The highest BCUT2D eigenvalue weighted by atomic mass is 35.5. The number of aromatic nitrogens is 6. The highest BCUT2D eigenvalue weighted by Gasteiger charge is 2.36. The van der Waals surface area contributed by atoms with E-state index in [0.717, 1.165) is 43.4 Å². The summed E-state index contributed by atoms with van der Waals surface area (Å²) in [5.41, 5.74) is 4.06. The van der Waals surface area contributed by atoms with Crippen LogP contribution in [-0.2, 0) is 25.5 Å². The fraction of sp³-hybridized carbons (Fsp3) is 0.353. The molecule has 1 unspecified atom stereocenters. The van der Waals surface area contributed by atoms with Crippen LogP contribution in [-0.4, -0.2) is 73.3 Å². The Balaban J connectivity index is 1.26. The zero-order chi connectivity index (χ0) is 33.6. The highest BCUT2D eigenvalue weighted by molar-refractivity contribution is 6.32. The van der Waals surface area contributed by atoms with Gasteiger partial charge in [0.1, 0.15) is 6.33 Å². The second kappa shape index (κ2) is 15.0. The van der Waals surface area contributed by atoms with Gasteiger partial charge in [0.15, 0.2) is 5.15 Å². The number of rotatable bonds is 11. The molecule has 2 aromatic carbocycles. The first-order chi connectivity index (χ1) is 23.3. The van der Waals surface area contributed by atoms with Gasteiger partial charge in [0, 0.05) is 41.2 Å². The fourth-order valence-electron chi connectivity index (χ4n) is 5.96. The summed E-state index contributed by atoms with van der Waals surface area (Å²) >= 11 is 12.8. The summed E-state index contributed by atoms with van der Waals surface area (Å²) in [6, 6.07) is 13.9. The third-order valence-electron chi connectivity index (χ3n) is 8.61. The monoisotopic (exact) mass is 688 g/mol. The number of nitrogens with zero attached hydrogens (tertiary/aromatic N) is 7. The van der Waals surface area contributed by atoms with Gasteiger partial charge in [-0.25, -0.2) is 0 Å². The second-order valence-electron chi connectivity index (χ2n) is 12.1. The molecule has 2 aliphatic rings. The van der Waals surface area contributed by atoms with Crippen LogP contribution in [0, 0.1) is 11.8 Å². The van der Waals surface area contributed by atoms with Crippen LogP contribution >= 0.6 is 23.2 Å². The molecule has 1 aliphatic heterocycles. The molecule has 12 nitrogen and oxygen atoms in total. The van der Waals surface area contributed by atoms with Gasteiger partial charge in [0.05, 0.1) is 31.0 Å². The summed E-state index contributed by atoms with van der Waals surface area (Å²) in [6.45, 7) is 1.39. The van der Waals surface area contributed by atoms with E-state index >= 15 is 0 Å². The van der Waals surface area contributed by atoms with Crippen LogP contribution in [0.2, 0.25) is 10.2 Å². The summed E-state index contributed by atoms with van der Waals surface area (Å²) in [6.07, 6.45) is 8.98. The molecule has 1 saturated heterocycles. The third-order valence-corrected chi connectivity index (χ3v) is 9.12. The van der Waals surface area contributed by atoms with Crippen molar-refractivity contribution in [2.24, 2.45) is 11.8 Å². The van der Waals surface area contributed by atoms with Crippen molar-refractivity contribution in [2.45, 2.75) is 44.6 Å². The van der Waals surface area contributed by atoms with Gasteiger partial charge in [-0.3, -0.25) is 14.4 Å². The van der Waals surface area contributed by atoms with Gasteiger partial charge in [-0.15, -0.1) is 10.2 Å². The number of carbonyl (C=O) groups is 3. The van der Waals surface area contributed by atoms with Crippen molar-refractivity contribution >= 4 is 47.1 Å². The fourth-order valence-corrected chi connectivity index (χ4v) is 6.35. The number of ether oxygens (including phenoxy) is 1. The molecule has 2 amide bonds. The quantitative estimate of drug-likeness (QED) is 0.169. The second-order valence-corrected chi connectivity index (χ2v) is 12.9. The molecule has 4 aromatic rings. The van der Waals surface area contributed by atoms with Crippen molar-refractivity contribution in [1.82, 2.24) is 40.6 Å². The van der Waals surface area contributed by atoms with Crippen LogP contribution in [0.5, 0.6) is 0 Å². The van der Waals surface area contributed by atoms with E-state index in [1.165, 1.54) is 24.2 Å². The Kier molecular flexibility index (Phi) is 10.4. The molecule has 0 bridgehead atoms.